The van der Waals surface area contributed by atoms with Crippen molar-refractivity contribution in [3.63, 3.8) is 0 Å². The first kappa shape index (κ1) is 15.6. The molecule has 108 valence electrons. The van der Waals surface area contributed by atoms with Gasteiger partial charge in [-0.05, 0) is 19.1 Å². The van der Waals surface area contributed by atoms with E-state index in [1.54, 1.807) is 21.3 Å². The number of rotatable bonds is 8. The van der Waals surface area contributed by atoms with Crippen LogP contribution in [0, 0.1) is 0 Å². The number of nitrogens with two attached hydrogens (primary N) is 1. The van der Waals surface area contributed by atoms with Crippen LogP contribution in [0.2, 0.25) is 0 Å². The molecule has 5 heteroatoms. The molecule has 0 aliphatic carbocycles. The molecule has 1 rings (SSSR count). The van der Waals surface area contributed by atoms with E-state index in [2.05, 4.69) is 11.8 Å². The van der Waals surface area contributed by atoms with E-state index >= 15 is 0 Å². The number of ether oxygens (including phenoxy) is 3. The summed E-state index contributed by atoms with van der Waals surface area (Å²) < 4.78 is 15.6. The van der Waals surface area contributed by atoms with Gasteiger partial charge >= 0.3 is 0 Å². The first-order valence-electron chi connectivity index (χ1n) is 6.32. The standard InChI is InChI=1S/C14H24N2O3/c1-11(10-18-3)16(7-8-17-2)14-6-5-12(19-4)9-13(14)15/h5-6,9,11H,7-8,10,15H2,1-4H3. The van der Waals surface area contributed by atoms with Gasteiger partial charge in [0.05, 0.1) is 31.7 Å². The highest BCUT2D eigenvalue weighted by Crippen LogP contribution is 2.29. The quantitative estimate of drug-likeness (QED) is 0.728. The summed E-state index contributed by atoms with van der Waals surface area (Å²) >= 11 is 0. The second-order valence-corrected chi connectivity index (χ2v) is 4.42. The largest absolute Gasteiger partial charge is 0.497 e. The van der Waals surface area contributed by atoms with Gasteiger partial charge in [-0.15, -0.1) is 0 Å². The maximum atomic E-state index is 6.10. The van der Waals surface area contributed by atoms with Crippen LogP contribution in [0.1, 0.15) is 6.92 Å². The average molecular weight is 268 g/mol. The molecule has 19 heavy (non-hydrogen) atoms. The van der Waals surface area contributed by atoms with E-state index in [-0.39, 0.29) is 6.04 Å². The van der Waals surface area contributed by atoms with Crippen LogP contribution in [-0.4, -0.2) is 47.1 Å². The molecule has 0 saturated carbocycles. The number of anilines is 2. The minimum absolute atomic E-state index is 0.218. The summed E-state index contributed by atoms with van der Waals surface area (Å²) in [6, 6.07) is 5.92. The van der Waals surface area contributed by atoms with Crippen LogP contribution in [0.25, 0.3) is 0 Å². The lowest BCUT2D eigenvalue weighted by Crippen LogP contribution is -2.39. The third kappa shape index (κ3) is 4.29. The Hall–Kier alpha value is -1.46. The fourth-order valence-corrected chi connectivity index (χ4v) is 2.02. The maximum Gasteiger partial charge on any atom is 0.121 e. The van der Waals surface area contributed by atoms with Crippen molar-refractivity contribution in [2.45, 2.75) is 13.0 Å². The van der Waals surface area contributed by atoms with Gasteiger partial charge in [0.25, 0.3) is 0 Å². The van der Waals surface area contributed by atoms with E-state index in [0.717, 1.165) is 18.0 Å². The summed E-state index contributed by atoms with van der Waals surface area (Å²) in [4.78, 5) is 2.18. The van der Waals surface area contributed by atoms with E-state index < -0.39 is 0 Å². The van der Waals surface area contributed by atoms with Crippen molar-refractivity contribution in [1.82, 2.24) is 0 Å². The molecule has 1 atom stereocenters. The highest BCUT2D eigenvalue weighted by molar-refractivity contribution is 5.70. The molecule has 1 unspecified atom stereocenters. The fraction of sp³-hybridized carbons (Fsp3) is 0.571. The summed E-state index contributed by atoms with van der Waals surface area (Å²) in [5, 5.41) is 0. The summed E-state index contributed by atoms with van der Waals surface area (Å²) in [6.45, 7) is 4.13. The molecule has 0 aromatic heterocycles. The summed E-state index contributed by atoms with van der Waals surface area (Å²) in [6.07, 6.45) is 0. The normalized spacial score (nSPS) is 12.2. The number of hydrogen-bond acceptors (Lipinski definition) is 5. The zero-order chi connectivity index (χ0) is 14.3. The molecule has 1 aromatic rings. The topological polar surface area (TPSA) is 57.0 Å². The smallest absolute Gasteiger partial charge is 0.121 e. The Morgan fingerprint density at radius 2 is 1.95 bits per heavy atom. The second-order valence-electron chi connectivity index (χ2n) is 4.42. The Morgan fingerprint density at radius 3 is 2.47 bits per heavy atom. The Bertz CT molecular complexity index is 385. The maximum absolute atomic E-state index is 6.10. The minimum Gasteiger partial charge on any atom is -0.497 e. The van der Waals surface area contributed by atoms with E-state index in [4.69, 9.17) is 19.9 Å². The van der Waals surface area contributed by atoms with E-state index in [0.29, 0.717) is 18.9 Å². The van der Waals surface area contributed by atoms with Gasteiger partial charge in [0, 0.05) is 32.9 Å². The number of hydrogen-bond donors (Lipinski definition) is 1. The van der Waals surface area contributed by atoms with E-state index in [9.17, 15) is 0 Å². The van der Waals surface area contributed by atoms with Crippen LogP contribution in [0.15, 0.2) is 18.2 Å². The zero-order valence-electron chi connectivity index (χ0n) is 12.2. The lowest BCUT2D eigenvalue weighted by atomic mass is 10.2. The van der Waals surface area contributed by atoms with Crippen LogP contribution in [-0.2, 0) is 9.47 Å². The van der Waals surface area contributed by atoms with Gasteiger partial charge in [-0.25, -0.2) is 0 Å². The molecule has 0 fully saturated rings. The third-order valence-corrected chi connectivity index (χ3v) is 3.02. The summed E-state index contributed by atoms with van der Waals surface area (Å²) in [7, 11) is 5.02. The van der Waals surface area contributed by atoms with E-state index in [1.807, 2.05) is 18.2 Å². The van der Waals surface area contributed by atoms with Crippen LogP contribution >= 0.6 is 0 Å². The molecular weight excluding hydrogens is 244 g/mol. The zero-order valence-corrected chi connectivity index (χ0v) is 12.2. The molecule has 0 aliphatic heterocycles. The molecule has 0 radical (unpaired) electrons. The van der Waals surface area contributed by atoms with Crippen molar-refractivity contribution in [2.75, 3.05) is 51.7 Å². The molecule has 0 saturated heterocycles. The number of nitrogen functional groups attached to an aromatic ring is 1. The van der Waals surface area contributed by atoms with Gasteiger partial charge in [0.2, 0.25) is 0 Å². The monoisotopic (exact) mass is 268 g/mol. The second kappa shape index (κ2) is 7.86. The molecule has 0 spiro atoms. The first-order chi connectivity index (χ1) is 9.13. The molecule has 0 heterocycles. The van der Waals surface area contributed by atoms with Gasteiger partial charge in [-0.3, -0.25) is 0 Å². The number of benzene rings is 1. The highest BCUT2D eigenvalue weighted by atomic mass is 16.5. The van der Waals surface area contributed by atoms with Crippen LogP contribution < -0.4 is 15.4 Å². The summed E-state index contributed by atoms with van der Waals surface area (Å²) in [5.41, 5.74) is 7.77. The van der Waals surface area contributed by atoms with Crippen molar-refractivity contribution in [1.29, 1.82) is 0 Å². The van der Waals surface area contributed by atoms with Gasteiger partial charge in [0.15, 0.2) is 0 Å². The molecule has 1 aromatic carbocycles. The molecular formula is C14H24N2O3. The fourth-order valence-electron chi connectivity index (χ4n) is 2.02. The van der Waals surface area contributed by atoms with Gasteiger partial charge in [0.1, 0.15) is 5.75 Å². The van der Waals surface area contributed by atoms with Crippen molar-refractivity contribution in [2.24, 2.45) is 0 Å². The van der Waals surface area contributed by atoms with Gasteiger partial charge < -0.3 is 24.8 Å². The third-order valence-electron chi connectivity index (χ3n) is 3.02. The summed E-state index contributed by atoms with van der Waals surface area (Å²) in [5.74, 6) is 0.757. The molecule has 2 N–H and O–H groups in total. The highest BCUT2D eigenvalue weighted by Gasteiger charge is 2.17. The van der Waals surface area contributed by atoms with Crippen LogP contribution in [0.4, 0.5) is 11.4 Å². The lowest BCUT2D eigenvalue weighted by Gasteiger charge is -2.31. The first-order valence-corrected chi connectivity index (χ1v) is 6.32. The van der Waals surface area contributed by atoms with Crippen molar-refractivity contribution in [3.05, 3.63) is 18.2 Å². The molecule has 0 aliphatic rings. The average Bonchev–Trinajstić information content (AvgIpc) is 2.40. The van der Waals surface area contributed by atoms with Crippen molar-refractivity contribution < 1.29 is 14.2 Å². The molecule has 0 bridgehead atoms. The predicted octanol–water partition coefficient (Wildman–Crippen LogP) is 1.77. The Balaban J connectivity index is 2.95. The van der Waals surface area contributed by atoms with Gasteiger partial charge in [-0.1, -0.05) is 0 Å². The van der Waals surface area contributed by atoms with Crippen LogP contribution in [0.3, 0.4) is 0 Å². The Morgan fingerprint density at radius 1 is 1.21 bits per heavy atom. The van der Waals surface area contributed by atoms with Crippen LogP contribution in [0.5, 0.6) is 5.75 Å². The Kier molecular flexibility index (Phi) is 6.45. The minimum atomic E-state index is 0.218. The predicted molar refractivity (Wildman–Crippen MR) is 78.0 cm³/mol. The van der Waals surface area contributed by atoms with E-state index in [1.165, 1.54) is 0 Å². The number of methoxy groups -OCH3 is 3. The lowest BCUT2D eigenvalue weighted by molar-refractivity contribution is 0.171. The van der Waals surface area contributed by atoms with Crippen molar-refractivity contribution in [3.8, 4) is 5.75 Å². The molecule has 0 amide bonds. The van der Waals surface area contributed by atoms with Gasteiger partial charge in [-0.2, -0.15) is 0 Å². The molecule has 5 nitrogen and oxygen atoms in total. The number of nitrogens with zero attached hydrogens (tertiary/aromatic N) is 1. The van der Waals surface area contributed by atoms with Crippen molar-refractivity contribution >= 4 is 11.4 Å². The SMILES string of the molecule is COCCN(c1ccc(OC)cc1N)C(C)COC. The Labute approximate surface area is 115 Å².